The number of anilines is 1. The summed E-state index contributed by atoms with van der Waals surface area (Å²) in [5.74, 6) is 0.282. The van der Waals surface area contributed by atoms with Gasteiger partial charge in [0.2, 0.25) is 5.91 Å². The zero-order chi connectivity index (χ0) is 24.2. The highest BCUT2D eigenvalue weighted by Gasteiger charge is 2.31. The molecule has 178 valence electrons. The second-order valence-corrected chi connectivity index (χ2v) is 8.85. The monoisotopic (exact) mass is 467 g/mol. The van der Waals surface area contributed by atoms with Gasteiger partial charge in [-0.05, 0) is 61.2 Å². The van der Waals surface area contributed by atoms with Crippen LogP contribution in [0.15, 0.2) is 85.3 Å². The number of para-hydroxylation sites is 1. The lowest BCUT2D eigenvalue weighted by atomic mass is 9.96. The number of aryl methyl sites for hydroxylation is 1. The molecule has 5 rings (SSSR count). The van der Waals surface area contributed by atoms with Crippen LogP contribution < -0.4 is 5.32 Å². The molecule has 0 spiro atoms. The number of rotatable bonds is 6. The summed E-state index contributed by atoms with van der Waals surface area (Å²) in [7, 11) is 0. The zero-order valence-corrected chi connectivity index (χ0v) is 19.8. The molecule has 1 atom stereocenters. The van der Waals surface area contributed by atoms with Gasteiger partial charge in [-0.3, -0.25) is 9.59 Å². The third-order valence-electron chi connectivity index (χ3n) is 6.53. The van der Waals surface area contributed by atoms with E-state index < -0.39 is 0 Å². The quantitative estimate of drug-likeness (QED) is 0.446. The van der Waals surface area contributed by atoms with Gasteiger partial charge in [-0.2, -0.15) is 5.10 Å². The molecule has 2 aromatic carbocycles. The molecule has 0 saturated carbocycles. The standard InChI is InChI=1S/C28H29N5O2/c1-2-21-12-14-23(15-13-21)30-26(34)22-9-8-18-32(20-22)28(35)25-19-29-33(24-10-4-3-5-11-24)27(25)31-16-6-7-17-31/h3-7,10-17,19,22H,2,8-9,18,20H2,1H3,(H,30,34)/t22-/m1/s1. The van der Waals surface area contributed by atoms with E-state index in [-0.39, 0.29) is 17.7 Å². The Morgan fingerprint density at radius 1 is 1.00 bits per heavy atom. The van der Waals surface area contributed by atoms with E-state index in [4.69, 9.17) is 0 Å². The number of hydrogen-bond donors (Lipinski definition) is 1. The largest absolute Gasteiger partial charge is 0.338 e. The summed E-state index contributed by atoms with van der Waals surface area (Å²) in [6, 6.07) is 21.5. The predicted molar refractivity (Wildman–Crippen MR) is 136 cm³/mol. The van der Waals surface area contributed by atoms with E-state index in [9.17, 15) is 9.59 Å². The van der Waals surface area contributed by atoms with Crippen LogP contribution in [-0.4, -0.2) is 44.2 Å². The lowest BCUT2D eigenvalue weighted by Gasteiger charge is -2.32. The van der Waals surface area contributed by atoms with Crippen molar-refractivity contribution in [3.8, 4) is 11.5 Å². The molecule has 0 radical (unpaired) electrons. The van der Waals surface area contributed by atoms with Gasteiger partial charge in [-0.15, -0.1) is 0 Å². The average molecular weight is 468 g/mol. The van der Waals surface area contributed by atoms with E-state index in [1.807, 2.05) is 83.7 Å². The van der Waals surface area contributed by atoms with Gasteiger partial charge in [0, 0.05) is 31.2 Å². The van der Waals surface area contributed by atoms with E-state index in [1.54, 1.807) is 15.8 Å². The summed E-state index contributed by atoms with van der Waals surface area (Å²) in [6.45, 7) is 3.11. The van der Waals surface area contributed by atoms with Crippen LogP contribution in [0.2, 0.25) is 0 Å². The first-order valence-corrected chi connectivity index (χ1v) is 12.1. The Hall–Kier alpha value is -4.13. The molecule has 2 aromatic heterocycles. The molecular formula is C28H29N5O2. The molecule has 7 nitrogen and oxygen atoms in total. The number of benzene rings is 2. The minimum Gasteiger partial charge on any atom is -0.338 e. The van der Waals surface area contributed by atoms with Crippen LogP contribution in [0.25, 0.3) is 11.5 Å². The summed E-state index contributed by atoms with van der Waals surface area (Å²) < 4.78 is 3.68. The molecule has 0 unspecified atom stereocenters. The van der Waals surface area contributed by atoms with Gasteiger partial charge in [-0.1, -0.05) is 37.3 Å². The third-order valence-corrected chi connectivity index (χ3v) is 6.53. The lowest BCUT2D eigenvalue weighted by molar-refractivity contribution is -0.121. The van der Waals surface area contributed by atoms with Crippen molar-refractivity contribution in [2.24, 2.45) is 5.92 Å². The van der Waals surface area contributed by atoms with Crippen molar-refractivity contribution in [1.82, 2.24) is 19.2 Å². The normalized spacial score (nSPS) is 15.7. The molecule has 0 aliphatic carbocycles. The number of nitrogens with one attached hydrogen (secondary N) is 1. The lowest BCUT2D eigenvalue weighted by Crippen LogP contribution is -2.44. The van der Waals surface area contributed by atoms with Crippen molar-refractivity contribution in [3.05, 3.63) is 96.4 Å². The van der Waals surface area contributed by atoms with Crippen LogP contribution in [-0.2, 0) is 11.2 Å². The fourth-order valence-electron chi connectivity index (χ4n) is 4.59. The maximum Gasteiger partial charge on any atom is 0.259 e. The minimum atomic E-state index is -0.252. The number of hydrogen-bond acceptors (Lipinski definition) is 3. The molecular weight excluding hydrogens is 438 g/mol. The van der Waals surface area contributed by atoms with E-state index in [0.717, 1.165) is 30.6 Å². The Morgan fingerprint density at radius 2 is 1.74 bits per heavy atom. The molecule has 4 aromatic rings. The summed E-state index contributed by atoms with van der Waals surface area (Å²) in [6.07, 6.45) is 7.94. The number of amides is 2. The molecule has 3 heterocycles. The second kappa shape index (κ2) is 10.0. The van der Waals surface area contributed by atoms with Crippen LogP contribution in [0.5, 0.6) is 0 Å². The molecule has 1 N–H and O–H groups in total. The smallest absolute Gasteiger partial charge is 0.259 e. The number of piperidine rings is 1. The average Bonchev–Trinajstić information content (AvgIpc) is 3.59. The molecule has 1 aliphatic heterocycles. The number of nitrogens with zero attached hydrogens (tertiary/aromatic N) is 4. The third kappa shape index (κ3) is 4.75. The molecule has 1 saturated heterocycles. The van der Waals surface area contributed by atoms with Crippen molar-refractivity contribution >= 4 is 17.5 Å². The highest BCUT2D eigenvalue weighted by atomic mass is 16.2. The molecule has 35 heavy (non-hydrogen) atoms. The molecule has 2 amide bonds. The van der Waals surface area contributed by atoms with E-state index in [1.165, 1.54) is 5.56 Å². The van der Waals surface area contributed by atoms with Gasteiger partial charge < -0.3 is 14.8 Å². The Kier molecular flexibility index (Phi) is 6.48. The summed E-state index contributed by atoms with van der Waals surface area (Å²) in [5.41, 5.74) is 3.41. The van der Waals surface area contributed by atoms with Crippen LogP contribution in [0.3, 0.4) is 0 Å². The summed E-state index contributed by atoms with van der Waals surface area (Å²) >= 11 is 0. The van der Waals surface area contributed by atoms with E-state index in [2.05, 4.69) is 17.3 Å². The highest BCUT2D eigenvalue weighted by Crippen LogP contribution is 2.25. The molecule has 0 bridgehead atoms. The van der Waals surface area contributed by atoms with Gasteiger partial charge >= 0.3 is 0 Å². The number of likely N-dealkylation sites (tertiary alicyclic amines) is 1. The van der Waals surface area contributed by atoms with Crippen molar-refractivity contribution in [1.29, 1.82) is 0 Å². The fraction of sp³-hybridized carbons (Fsp3) is 0.250. The SMILES string of the molecule is CCc1ccc(NC(=O)[C@@H]2CCCN(C(=O)c3cnn(-c4ccccc4)c3-n3cccc3)C2)cc1. The van der Waals surface area contributed by atoms with E-state index in [0.29, 0.717) is 24.5 Å². The first kappa shape index (κ1) is 22.7. The number of carbonyl (C=O) groups is 2. The number of carbonyl (C=O) groups excluding carboxylic acids is 2. The molecule has 1 aliphatic rings. The van der Waals surface area contributed by atoms with Crippen molar-refractivity contribution < 1.29 is 9.59 Å². The summed E-state index contributed by atoms with van der Waals surface area (Å²) in [4.78, 5) is 28.5. The topological polar surface area (TPSA) is 72.2 Å². The Morgan fingerprint density at radius 3 is 2.46 bits per heavy atom. The highest BCUT2D eigenvalue weighted by molar-refractivity contribution is 5.98. The van der Waals surface area contributed by atoms with Crippen LogP contribution in [0.1, 0.15) is 35.7 Å². The van der Waals surface area contributed by atoms with E-state index >= 15 is 0 Å². The Bertz CT molecular complexity index is 1290. The number of aromatic nitrogens is 3. The minimum absolute atomic E-state index is 0.0441. The first-order valence-electron chi connectivity index (χ1n) is 12.1. The van der Waals surface area contributed by atoms with Gasteiger partial charge in [0.05, 0.1) is 17.8 Å². The van der Waals surface area contributed by atoms with Crippen LogP contribution in [0, 0.1) is 5.92 Å². The molecule has 1 fully saturated rings. The Balaban J connectivity index is 1.36. The molecule has 7 heteroatoms. The van der Waals surface area contributed by atoms with Gasteiger partial charge in [-0.25, -0.2) is 4.68 Å². The predicted octanol–water partition coefficient (Wildman–Crippen LogP) is 4.72. The van der Waals surface area contributed by atoms with Crippen molar-refractivity contribution in [2.75, 3.05) is 18.4 Å². The van der Waals surface area contributed by atoms with Crippen LogP contribution in [0.4, 0.5) is 5.69 Å². The van der Waals surface area contributed by atoms with Crippen molar-refractivity contribution in [2.45, 2.75) is 26.2 Å². The zero-order valence-electron chi connectivity index (χ0n) is 19.8. The van der Waals surface area contributed by atoms with Crippen LogP contribution >= 0.6 is 0 Å². The summed E-state index contributed by atoms with van der Waals surface area (Å²) in [5, 5.41) is 7.58. The van der Waals surface area contributed by atoms with Gasteiger partial charge in [0.15, 0.2) is 5.82 Å². The Labute approximate surface area is 205 Å². The van der Waals surface area contributed by atoms with Gasteiger partial charge in [0.1, 0.15) is 5.56 Å². The maximum absolute atomic E-state index is 13.7. The fourth-order valence-corrected chi connectivity index (χ4v) is 4.59. The second-order valence-electron chi connectivity index (χ2n) is 8.85. The maximum atomic E-state index is 13.7. The first-order chi connectivity index (χ1) is 17.1. The van der Waals surface area contributed by atoms with Gasteiger partial charge in [0.25, 0.3) is 5.91 Å². The van der Waals surface area contributed by atoms with Crippen molar-refractivity contribution in [3.63, 3.8) is 0 Å².